The predicted octanol–water partition coefficient (Wildman–Crippen LogP) is 2.59. The van der Waals surface area contributed by atoms with E-state index in [1.807, 2.05) is 19.1 Å². The van der Waals surface area contributed by atoms with Crippen LogP contribution in [0.15, 0.2) is 29.4 Å². The van der Waals surface area contributed by atoms with Gasteiger partial charge in [0.05, 0.1) is 6.04 Å². The minimum Gasteiger partial charge on any atom is -0.239 e. The van der Waals surface area contributed by atoms with E-state index >= 15 is 0 Å². The van der Waals surface area contributed by atoms with Crippen molar-refractivity contribution >= 4 is 9.84 Å². The molecule has 2 atom stereocenters. The number of fused-ring (bicyclic) bond motifs is 1. The van der Waals surface area contributed by atoms with Gasteiger partial charge >= 0.3 is 5.76 Å². The summed E-state index contributed by atoms with van der Waals surface area (Å²) in [4.78, 5) is 3.47. The van der Waals surface area contributed by atoms with E-state index in [0.717, 1.165) is 15.8 Å². The number of benzene rings is 1. The van der Waals surface area contributed by atoms with Gasteiger partial charge in [-0.05, 0) is 12.5 Å². The highest BCUT2D eigenvalue weighted by atomic mass is 32.2. The van der Waals surface area contributed by atoms with Crippen molar-refractivity contribution in [3.05, 3.63) is 41.2 Å². The van der Waals surface area contributed by atoms with Gasteiger partial charge in [0.15, 0.2) is 12.0 Å². The fraction of sp³-hybridized carbons (Fsp3) is 0.385. The zero-order valence-corrected chi connectivity index (χ0v) is 12.3. The van der Waals surface area contributed by atoms with Gasteiger partial charge in [-0.3, -0.25) is 0 Å². The van der Waals surface area contributed by atoms with E-state index in [4.69, 9.17) is 0 Å². The molecule has 0 amide bonds. The summed E-state index contributed by atoms with van der Waals surface area (Å²) in [6.07, 6.45) is -1.49. The molecule has 0 aliphatic carbocycles. The molecule has 0 saturated carbocycles. The molecular formula is C13H12F3N3O2S. The van der Waals surface area contributed by atoms with Crippen LogP contribution in [0.25, 0.3) is 0 Å². The summed E-state index contributed by atoms with van der Waals surface area (Å²) >= 11 is 0. The summed E-state index contributed by atoms with van der Waals surface area (Å²) in [5, 5.41) is 2.59. The fourth-order valence-corrected chi connectivity index (χ4v) is 3.10. The molecule has 1 aliphatic rings. The smallest absolute Gasteiger partial charge is 0.239 e. The van der Waals surface area contributed by atoms with Crippen LogP contribution < -0.4 is 0 Å². The standard InChI is InChI=1S/C13H12F3N3O2S/c1-7-3-2-4-8(5-7)10-6-9(14)11-17-13(18-19(10)11)22(20,21)12(15)16/h2-5,9-10,12H,6H2,1H3/t9-,10-/m0/s1. The Morgan fingerprint density at radius 1 is 1.36 bits per heavy atom. The van der Waals surface area contributed by atoms with Crippen LogP contribution in [0, 0.1) is 6.92 Å². The summed E-state index contributed by atoms with van der Waals surface area (Å²) in [6, 6.07) is 6.65. The van der Waals surface area contributed by atoms with Gasteiger partial charge in [-0.25, -0.2) is 17.5 Å². The molecule has 0 radical (unpaired) electrons. The monoisotopic (exact) mass is 331 g/mol. The van der Waals surface area contributed by atoms with E-state index in [-0.39, 0.29) is 12.2 Å². The zero-order chi connectivity index (χ0) is 16.1. The molecule has 2 heterocycles. The van der Waals surface area contributed by atoms with E-state index < -0.39 is 33.0 Å². The van der Waals surface area contributed by atoms with Gasteiger partial charge in [0.1, 0.15) is 0 Å². The average molecular weight is 331 g/mol. The van der Waals surface area contributed by atoms with Gasteiger partial charge in [-0.15, -0.1) is 5.10 Å². The van der Waals surface area contributed by atoms with E-state index in [1.165, 1.54) is 0 Å². The van der Waals surface area contributed by atoms with Crippen molar-refractivity contribution in [2.75, 3.05) is 0 Å². The van der Waals surface area contributed by atoms with Crippen molar-refractivity contribution in [3.63, 3.8) is 0 Å². The molecule has 0 N–H and O–H groups in total. The fourth-order valence-electron chi connectivity index (χ4n) is 2.51. The minimum atomic E-state index is -4.94. The second kappa shape index (κ2) is 5.08. The number of aryl methyl sites for hydroxylation is 1. The van der Waals surface area contributed by atoms with Crippen LogP contribution in [0.5, 0.6) is 0 Å². The van der Waals surface area contributed by atoms with Gasteiger partial charge in [-0.1, -0.05) is 29.8 Å². The number of nitrogens with zero attached hydrogens (tertiary/aromatic N) is 3. The lowest BCUT2D eigenvalue weighted by atomic mass is 10.0. The molecule has 5 nitrogen and oxygen atoms in total. The number of hydrogen-bond acceptors (Lipinski definition) is 4. The highest BCUT2D eigenvalue weighted by Gasteiger charge is 2.40. The first kappa shape index (κ1) is 15.0. The van der Waals surface area contributed by atoms with Gasteiger partial charge in [0, 0.05) is 6.42 Å². The number of sulfone groups is 1. The molecule has 3 rings (SSSR count). The Balaban J connectivity index is 2.07. The normalized spacial score (nSPS) is 21.3. The molecule has 0 spiro atoms. The molecule has 0 bridgehead atoms. The van der Waals surface area contributed by atoms with Crippen molar-refractivity contribution in [3.8, 4) is 0 Å². The second-order valence-corrected chi connectivity index (χ2v) is 6.95. The van der Waals surface area contributed by atoms with Gasteiger partial charge in [-0.2, -0.15) is 13.8 Å². The Kier molecular flexibility index (Phi) is 3.47. The third-order valence-corrected chi connectivity index (χ3v) is 4.71. The molecule has 2 aromatic rings. The molecule has 9 heteroatoms. The topological polar surface area (TPSA) is 64.8 Å². The van der Waals surface area contributed by atoms with Crippen LogP contribution in [-0.2, 0) is 9.84 Å². The van der Waals surface area contributed by atoms with Crippen molar-refractivity contribution < 1.29 is 21.6 Å². The predicted molar refractivity (Wildman–Crippen MR) is 71.0 cm³/mol. The number of alkyl halides is 3. The van der Waals surface area contributed by atoms with E-state index in [2.05, 4.69) is 10.1 Å². The third kappa shape index (κ3) is 2.29. The van der Waals surface area contributed by atoms with E-state index in [1.54, 1.807) is 12.1 Å². The summed E-state index contributed by atoms with van der Waals surface area (Å²) in [5.41, 5.74) is 1.68. The SMILES string of the molecule is Cc1cccc([C@@H]2C[C@H](F)c3nc(S(=O)(=O)C(F)F)nn32)c1. The van der Waals surface area contributed by atoms with Gasteiger partial charge < -0.3 is 0 Å². The number of halogens is 3. The highest BCUT2D eigenvalue weighted by Crippen LogP contribution is 2.40. The summed E-state index contributed by atoms with van der Waals surface area (Å²) in [7, 11) is -4.94. The maximum Gasteiger partial charge on any atom is 0.344 e. The lowest BCUT2D eigenvalue weighted by molar-refractivity contribution is 0.233. The molecule has 22 heavy (non-hydrogen) atoms. The van der Waals surface area contributed by atoms with Crippen molar-refractivity contribution in [1.82, 2.24) is 14.8 Å². The van der Waals surface area contributed by atoms with Gasteiger partial charge in [0.25, 0.3) is 15.0 Å². The maximum atomic E-state index is 14.0. The van der Waals surface area contributed by atoms with Crippen LogP contribution >= 0.6 is 0 Å². The Labute approximate surface area is 124 Å². The first-order chi connectivity index (χ1) is 10.3. The molecule has 0 unspecified atom stereocenters. The molecule has 0 fully saturated rings. The Morgan fingerprint density at radius 2 is 2.09 bits per heavy atom. The highest BCUT2D eigenvalue weighted by molar-refractivity contribution is 7.91. The van der Waals surface area contributed by atoms with E-state index in [9.17, 15) is 21.6 Å². The average Bonchev–Trinajstić information content (AvgIpc) is 3.00. The van der Waals surface area contributed by atoms with E-state index in [0.29, 0.717) is 0 Å². The van der Waals surface area contributed by atoms with Crippen LogP contribution in [0.3, 0.4) is 0 Å². The van der Waals surface area contributed by atoms with Crippen molar-refractivity contribution in [1.29, 1.82) is 0 Å². The number of aromatic nitrogens is 3. The van der Waals surface area contributed by atoms with Gasteiger partial charge in [0.2, 0.25) is 0 Å². The Morgan fingerprint density at radius 3 is 2.73 bits per heavy atom. The van der Waals surface area contributed by atoms with Crippen LogP contribution in [0.4, 0.5) is 13.2 Å². The molecule has 118 valence electrons. The third-order valence-electron chi connectivity index (χ3n) is 3.56. The second-order valence-electron chi connectivity index (χ2n) is 5.14. The maximum absolute atomic E-state index is 14.0. The molecule has 1 aliphatic heterocycles. The van der Waals surface area contributed by atoms with Crippen LogP contribution in [0.1, 0.15) is 35.6 Å². The quantitative estimate of drug-likeness (QED) is 0.867. The molecule has 0 saturated heterocycles. The Hall–Kier alpha value is -1.90. The Bertz CT molecular complexity index is 820. The zero-order valence-electron chi connectivity index (χ0n) is 11.4. The summed E-state index contributed by atoms with van der Waals surface area (Å²) in [6.45, 7) is 1.86. The first-order valence-electron chi connectivity index (χ1n) is 6.50. The lowest BCUT2D eigenvalue weighted by Gasteiger charge is -2.12. The van der Waals surface area contributed by atoms with Crippen molar-refractivity contribution in [2.45, 2.75) is 36.5 Å². The van der Waals surface area contributed by atoms with Crippen LogP contribution in [0.2, 0.25) is 0 Å². The summed E-state index contributed by atoms with van der Waals surface area (Å²) in [5.74, 6) is -3.86. The largest absolute Gasteiger partial charge is 0.344 e. The summed E-state index contributed by atoms with van der Waals surface area (Å²) < 4.78 is 63.1. The molecular weight excluding hydrogens is 319 g/mol. The van der Waals surface area contributed by atoms with Crippen molar-refractivity contribution in [2.24, 2.45) is 0 Å². The lowest BCUT2D eigenvalue weighted by Crippen LogP contribution is -2.15. The molecule has 1 aromatic heterocycles. The number of hydrogen-bond donors (Lipinski definition) is 0. The molecule has 1 aromatic carbocycles. The first-order valence-corrected chi connectivity index (χ1v) is 8.04. The minimum absolute atomic E-state index is 0.0494. The van der Waals surface area contributed by atoms with Crippen LogP contribution in [-0.4, -0.2) is 28.9 Å². The number of rotatable bonds is 3.